The van der Waals surface area contributed by atoms with E-state index < -0.39 is 5.82 Å². The number of carbonyl (C=O) groups excluding carboxylic acids is 2. The third-order valence-electron chi connectivity index (χ3n) is 3.47. The van der Waals surface area contributed by atoms with E-state index in [4.69, 9.17) is 9.47 Å². The van der Waals surface area contributed by atoms with Gasteiger partial charge in [0.15, 0.2) is 12.4 Å². The van der Waals surface area contributed by atoms with E-state index in [2.05, 4.69) is 10.6 Å². The van der Waals surface area contributed by atoms with Crippen LogP contribution in [0.1, 0.15) is 5.56 Å². The number of hydrogen-bond donors (Lipinski definition) is 2. The summed E-state index contributed by atoms with van der Waals surface area (Å²) in [5.74, 6) is -0.335. The molecule has 0 spiro atoms. The fourth-order valence-corrected chi connectivity index (χ4v) is 2.38. The molecule has 0 atom stereocenters. The molecule has 0 saturated carbocycles. The van der Waals surface area contributed by atoms with E-state index in [-0.39, 0.29) is 42.0 Å². The first-order valence-electron chi connectivity index (χ1n) is 7.24. The largest absolute Gasteiger partial charge is 0.497 e. The first-order chi connectivity index (χ1) is 11.5. The molecule has 1 aliphatic heterocycles. The van der Waals surface area contributed by atoms with Gasteiger partial charge < -0.3 is 20.1 Å². The van der Waals surface area contributed by atoms with Crippen LogP contribution in [0.3, 0.4) is 0 Å². The van der Waals surface area contributed by atoms with E-state index in [0.29, 0.717) is 5.75 Å². The summed E-state index contributed by atoms with van der Waals surface area (Å²) in [5, 5.41) is 5.12. The number of methoxy groups -OCH3 is 1. The van der Waals surface area contributed by atoms with Gasteiger partial charge >= 0.3 is 0 Å². The summed E-state index contributed by atoms with van der Waals surface area (Å²) in [4.78, 5) is 23.5. The van der Waals surface area contributed by atoms with Crippen molar-refractivity contribution in [1.29, 1.82) is 0 Å². The lowest BCUT2D eigenvalue weighted by Crippen LogP contribution is -2.26. The molecule has 3 rings (SSSR count). The van der Waals surface area contributed by atoms with Crippen molar-refractivity contribution >= 4 is 23.2 Å². The zero-order valence-electron chi connectivity index (χ0n) is 12.9. The molecule has 2 aromatic rings. The molecule has 0 aromatic heterocycles. The molecule has 1 aliphatic rings. The highest BCUT2D eigenvalue weighted by Crippen LogP contribution is 2.36. The van der Waals surface area contributed by atoms with E-state index in [9.17, 15) is 14.0 Å². The van der Waals surface area contributed by atoms with Gasteiger partial charge in [-0.15, -0.1) is 0 Å². The van der Waals surface area contributed by atoms with Gasteiger partial charge in [-0.1, -0.05) is 12.1 Å². The third kappa shape index (κ3) is 3.45. The fraction of sp³-hybridized carbons (Fsp3) is 0.176. The first-order valence-corrected chi connectivity index (χ1v) is 7.24. The van der Waals surface area contributed by atoms with Gasteiger partial charge in [-0.05, 0) is 17.7 Å². The Hall–Kier alpha value is -3.09. The molecule has 2 amide bonds. The van der Waals surface area contributed by atoms with Gasteiger partial charge in [0.25, 0.3) is 5.91 Å². The van der Waals surface area contributed by atoms with Crippen molar-refractivity contribution in [2.75, 3.05) is 24.4 Å². The lowest BCUT2D eigenvalue weighted by molar-refractivity contribution is -0.118. The minimum atomic E-state index is -0.584. The number of anilines is 2. The topological polar surface area (TPSA) is 76.7 Å². The number of amides is 2. The molecule has 2 aromatic carbocycles. The van der Waals surface area contributed by atoms with Crippen LogP contribution in [0, 0.1) is 5.82 Å². The van der Waals surface area contributed by atoms with Gasteiger partial charge in [0, 0.05) is 12.1 Å². The zero-order chi connectivity index (χ0) is 17.1. The highest BCUT2D eigenvalue weighted by molar-refractivity contribution is 6.00. The number of nitrogens with one attached hydrogen (secondary N) is 2. The summed E-state index contributed by atoms with van der Waals surface area (Å²) in [5.41, 5.74) is 1.17. The maximum atomic E-state index is 13.7. The second-order valence-electron chi connectivity index (χ2n) is 5.24. The number of fused-ring (bicyclic) bond motifs is 1. The van der Waals surface area contributed by atoms with E-state index in [0.717, 1.165) is 17.7 Å². The Bertz CT molecular complexity index is 790. The highest BCUT2D eigenvalue weighted by atomic mass is 19.1. The van der Waals surface area contributed by atoms with Crippen molar-refractivity contribution in [1.82, 2.24) is 0 Å². The van der Waals surface area contributed by atoms with Crippen molar-refractivity contribution in [3.05, 3.63) is 47.8 Å². The predicted molar refractivity (Wildman–Crippen MR) is 85.9 cm³/mol. The summed E-state index contributed by atoms with van der Waals surface area (Å²) < 4.78 is 24.0. The summed E-state index contributed by atoms with van der Waals surface area (Å²) in [6, 6.07) is 9.36. The normalized spacial score (nSPS) is 12.7. The Labute approximate surface area is 137 Å². The van der Waals surface area contributed by atoms with Crippen LogP contribution in [0.2, 0.25) is 0 Å². The minimum Gasteiger partial charge on any atom is -0.497 e. The van der Waals surface area contributed by atoms with Crippen molar-refractivity contribution in [3.63, 3.8) is 0 Å². The van der Waals surface area contributed by atoms with Crippen LogP contribution in [0.25, 0.3) is 0 Å². The van der Waals surface area contributed by atoms with Gasteiger partial charge in [-0.25, -0.2) is 4.39 Å². The molecule has 6 nitrogen and oxygen atoms in total. The molecule has 0 fully saturated rings. The van der Waals surface area contributed by atoms with Crippen LogP contribution in [-0.2, 0) is 16.0 Å². The average Bonchev–Trinajstić information content (AvgIpc) is 2.54. The van der Waals surface area contributed by atoms with Crippen LogP contribution in [0.5, 0.6) is 11.5 Å². The molecule has 0 unspecified atom stereocenters. The quantitative estimate of drug-likeness (QED) is 0.902. The van der Waals surface area contributed by atoms with E-state index in [1.165, 1.54) is 0 Å². The van der Waals surface area contributed by atoms with Gasteiger partial charge in [0.2, 0.25) is 5.91 Å². The maximum absolute atomic E-state index is 13.7. The van der Waals surface area contributed by atoms with E-state index >= 15 is 0 Å². The molecule has 1 heterocycles. The number of benzene rings is 2. The fourth-order valence-electron chi connectivity index (χ4n) is 2.38. The summed E-state index contributed by atoms with van der Waals surface area (Å²) >= 11 is 0. The molecular formula is C17H15FN2O4. The lowest BCUT2D eigenvalue weighted by Gasteiger charge is -2.21. The van der Waals surface area contributed by atoms with Crippen molar-refractivity contribution in [2.45, 2.75) is 6.42 Å². The van der Waals surface area contributed by atoms with Crippen molar-refractivity contribution in [3.8, 4) is 11.5 Å². The summed E-state index contributed by atoms with van der Waals surface area (Å²) in [6.45, 7) is -0.181. The number of ether oxygens (including phenoxy) is 2. The van der Waals surface area contributed by atoms with Gasteiger partial charge in [-0.3, -0.25) is 9.59 Å². The second kappa shape index (κ2) is 6.57. The first kappa shape index (κ1) is 15.8. The number of rotatable bonds is 4. The van der Waals surface area contributed by atoms with Gasteiger partial charge in [-0.2, -0.15) is 0 Å². The smallest absolute Gasteiger partial charge is 0.262 e. The molecule has 24 heavy (non-hydrogen) atoms. The Balaban J connectivity index is 1.75. The second-order valence-corrected chi connectivity index (χ2v) is 5.24. The van der Waals surface area contributed by atoms with E-state index in [1.807, 2.05) is 0 Å². The van der Waals surface area contributed by atoms with Crippen LogP contribution >= 0.6 is 0 Å². The molecule has 0 radical (unpaired) electrons. The average molecular weight is 330 g/mol. The molecule has 124 valence electrons. The van der Waals surface area contributed by atoms with Crippen LogP contribution in [-0.4, -0.2) is 25.5 Å². The minimum absolute atomic E-state index is 0.113. The monoisotopic (exact) mass is 330 g/mol. The maximum Gasteiger partial charge on any atom is 0.262 e. The van der Waals surface area contributed by atoms with Crippen LogP contribution in [0.4, 0.5) is 15.8 Å². The molecule has 7 heteroatoms. The lowest BCUT2D eigenvalue weighted by atomic mass is 10.1. The molecule has 0 saturated heterocycles. The van der Waals surface area contributed by atoms with E-state index in [1.54, 1.807) is 31.4 Å². The summed E-state index contributed by atoms with van der Waals surface area (Å²) in [6.07, 6.45) is 0.113. The molecule has 0 bridgehead atoms. The molecule has 2 N–H and O–H groups in total. The van der Waals surface area contributed by atoms with Crippen LogP contribution in [0.15, 0.2) is 36.4 Å². The Morgan fingerprint density at radius 3 is 2.79 bits per heavy atom. The Morgan fingerprint density at radius 1 is 1.33 bits per heavy atom. The van der Waals surface area contributed by atoms with Gasteiger partial charge in [0.05, 0.1) is 24.9 Å². The third-order valence-corrected chi connectivity index (χ3v) is 3.47. The highest BCUT2D eigenvalue weighted by Gasteiger charge is 2.21. The van der Waals surface area contributed by atoms with Gasteiger partial charge in [0.1, 0.15) is 11.6 Å². The molecular weight excluding hydrogens is 315 g/mol. The SMILES string of the molecule is COc1ccc(CC(=O)Nc2cc(F)cc3c2OCC(=O)N3)cc1. The van der Waals surface area contributed by atoms with Crippen LogP contribution < -0.4 is 20.1 Å². The predicted octanol–water partition coefficient (Wildman–Crippen LogP) is 2.35. The zero-order valence-corrected chi connectivity index (χ0v) is 12.9. The van der Waals surface area contributed by atoms with Crippen molar-refractivity contribution in [2.24, 2.45) is 0 Å². The molecule has 0 aliphatic carbocycles. The Kier molecular flexibility index (Phi) is 4.33. The number of carbonyl (C=O) groups is 2. The summed E-state index contributed by atoms with van der Waals surface area (Å²) in [7, 11) is 1.56. The standard InChI is InChI=1S/C17H15FN2O4/c1-23-12-4-2-10(3-5-12)6-15(21)19-13-7-11(18)8-14-17(13)24-9-16(22)20-14/h2-5,7-8H,6,9H2,1H3,(H,19,21)(H,20,22). The van der Waals surface area contributed by atoms with Crippen molar-refractivity contribution < 1.29 is 23.5 Å². The number of halogens is 1. The number of hydrogen-bond acceptors (Lipinski definition) is 4. The Morgan fingerprint density at radius 2 is 2.08 bits per heavy atom.